The van der Waals surface area contributed by atoms with Crippen molar-refractivity contribution in [2.45, 2.75) is 38.5 Å². The monoisotopic (exact) mass is 314 g/mol. The molecule has 1 nitrogen and oxygen atoms in total. The van der Waals surface area contributed by atoms with Crippen LogP contribution in [0.15, 0.2) is 60.7 Å². The van der Waals surface area contributed by atoms with Gasteiger partial charge in [-0.15, -0.1) is 0 Å². The molecule has 1 aliphatic carbocycles. The number of hydrogen-bond donors (Lipinski definition) is 0. The second-order valence-corrected chi connectivity index (χ2v) is 8.63. The van der Waals surface area contributed by atoms with Gasteiger partial charge in [0.15, 0.2) is 0 Å². The third-order valence-electron chi connectivity index (χ3n) is 4.58. The topological polar surface area (TPSA) is 9.23 Å². The highest BCUT2D eigenvalue weighted by molar-refractivity contribution is 6.80. The van der Waals surface area contributed by atoms with Crippen LogP contribution in [0.25, 0.3) is 0 Å². The molecule has 0 saturated heterocycles. The van der Waals surface area contributed by atoms with Crippen LogP contribution in [0.4, 0.5) is 4.39 Å². The summed E-state index contributed by atoms with van der Waals surface area (Å²) < 4.78 is 20.5. The summed E-state index contributed by atoms with van der Waals surface area (Å²) in [4.78, 5) is 0. The molecule has 0 amide bonds. The Balaban J connectivity index is 1.81. The summed E-state index contributed by atoms with van der Waals surface area (Å²) in [6.45, 7) is 2.00. The molecule has 0 spiro atoms. The van der Waals surface area contributed by atoms with E-state index in [1.165, 1.54) is 10.4 Å². The molecule has 0 bridgehead atoms. The molecule has 22 heavy (non-hydrogen) atoms. The SMILES string of the molecule is CC1CCC(O[SiH](c2ccccc2)c2ccccc2)CC1F. The van der Waals surface area contributed by atoms with Crippen LogP contribution in [0.1, 0.15) is 26.2 Å². The van der Waals surface area contributed by atoms with E-state index in [4.69, 9.17) is 4.43 Å². The van der Waals surface area contributed by atoms with Gasteiger partial charge in [-0.2, -0.15) is 0 Å². The minimum absolute atomic E-state index is 0.0586. The summed E-state index contributed by atoms with van der Waals surface area (Å²) in [6.07, 6.45) is 1.79. The van der Waals surface area contributed by atoms with E-state index in [-0.39, 0.29) is 12.0 Å². The van der Waals surface area contributed by atoms with Crippen LogP contribution in [0.2, 0.25) is 0 Å². The lowest BCUT2D eigenvalue weighted by molar-refractivity contribution is 0.0717. The Bertz CT molecular complexity index is 535. The quantitative estimate of drug-likeness (QED) is 0.788. The van der Waals surface area contributed by atoms with Crippen LogP contribution >= 0.6 is 0 Å². The fraction of sp³-hybridized carbons (Fsp3) is 0.368. The van der Waals surface area contributed by atoms with E-state index in [0.29, 0.717) is 6.42 Å². The summed E-state index contributed by atoms with van der Waals surface area (Å²) in [5.41, 5.74) is 0. The van der Waals surface area contributed by atoms with Crippen LogP contribution in [0, 0.1) is 5.92 Å². The van der Waals surface area contributed by atoms with Gasteiger partial charge < -0.3 is 4.43 Å². The maximum atomic E-state index is 14.0. The molecule has 3 rings (SSSR count). The fourth-order valence-corrected chi connectivity index (χ4v) is 5.63. The lowest BCUT2D eigenvalue weighted by Crippen LogP contribution is -2.48. The van der Waals surface area contributed by atoms with Crippen molar-refractivity contribution in [3.8, 4) is 0 Å². The standard InChI is InChI=1S/C19H23FOSi/c1-15-12-13-16(14-19(15)20)21-22(17-8-4-2-5-9-17)18-10-6-3-7-11-18/h2-11,15-16,19,22H,12-14H2,1H3. The first kappa shape index (κ1) is 15.4. The Morgan fingerprint density at radius 2 is 1.45 bits per heavy atom. The van der Waals surface area contributed by atoms with Gasteiger partial charge >= 0.3 is 0 Å². The third-order valence-corrected chi connectivity index (χ3v) is 7.22. The number of alkyl halides is 1. The van der Waals surface area contributed by atoms with Crippen molar-refractivity contribution in [1.29, 1.82) is 0 Å². The van der Waals surface area contributed by atoms with Crippen molar-refractivity contribution in [3.63, 3.8) is 0 Å². The average Bonchev–Trinajstić information content (AvgIpc) is 2.57. The van der Waals surface area contributed by atoms with E-state index in [2.05, 4.69) is 48.5 Å². The van der Waals surface area contributed by atoms with Crippen molar-refractivity contribution in [2.24, 2.45) is 5.92 Å². The zero-order valence-electron chi connectivity index (χ0n) is 13.0. The molecular weight excluding hydrogens is 291 g/mol. The summed E-state index contributed by atoms with van der Waals surface area (Å²) >= 11 is 0. The molecule has 0 heterocycles. The molecule has 0 radical (unpaired) electrons. The molecule has 2 aromatic rings. The minimum atomic E-state index is -1.74. The van der Waals surface area contributed by atoms with Crippen molar-refractivity contribution in [2.75, 3.05) is 0 Å². The molecule has 0 aromatic heterocycles. The predicted molar refractivity (Wildman–Crippen MR) is 92.1 cm³/mol. The summed E-state index contributed by atoms with van der Waals surface area (Å²) in [5.74, 6) is 0.174. The van der Waals surface area contributed by atoms with Crippen LogP contribution < -0.4 is 10.4 Å². The summed E-state index contributed by atoms with van der Waals surface area (Å²) in [7, 11) is -1.74. The zero-order chi connectivity index (χ0) is 15.4. The van der Waals surface area contributed by atoms with E-state index >= 15 is 0 Å². The molecule has 3 heteroatoms. The molecule has 0 N–H and O–H groups in total. The predicted octanol–water partition coefficient (Wildman–Crippen LogP) is 3.07. The van der Waals surface area contributed by atoms with Gasteiger partial charge in [-0.1, -0.05) is 67.6 Å². The minimum Gasteiger partial charge on any atom is -0.408 e. The second kappa shape index (κ2) is 7.21. The molecule has 1 fully saturated rings. The van der Waals surface area contributed by atoms with Gasteiger partial charge in [-0.05, 0) is 29.1 Å². The Labute approximate surface area is 133 Å². The largest absolute Gasteiger partial charge is 0.408 e. The highest BCUT2D eigenvalue weighted by Crippen LogP contribution is 2.28. The highest BCUT2D eigenvalue weighted by atomic mass is 28.3. The van der Waals surface area contributed by atoms with Crippen molar-refractivity contribution >= 4 is 19.4 Å². The Hall–Kier alpha value is -1.45. The van der Waals surface area contributed by atoms with Crippen LogP contribution in [-0.4, -0.2) is 21.3 Å². The maximum absolute atomic E-state index is 14.0. The van der Waals surface area contributed by atoms with Gasteiger partial charge in [-0.25, -0.2) is 4.39 Å². The van der Waals surface area contributed by atoms with Gasteiger partial charge in [0.05, 0.1) is 0 Å². The Morgan fingerprint density at radius 1 is 0.909 bits per heavy atom. The molecule has 1 aliphatic rings. The van der Waals surface area contributed by atoms with E-state index in [1.807, 2.05) is 19.1 Å². The zero-order valence-corrected chi connectivity index (χ0v) is 14.1. The molecule has 1 saturated carbocycles. The molecule has 116 valence electrons. The Morgan fingerprint density at radius 3 is 1.95 bits per heavy atom. The lowest BCUT2D eigenvalue weighted by atomic mass is 9.87. The lowest BCUT2D eigenvalue weighted by Gasteiger charge is -2.32. The average molecular weight is 314 g/mol. The number of hydrogen-bond acceptors (Lipinski definition) is 1. The fourth-order valence-electron chi connectivity index (χ4n) is 3.15. The normalized spacial score (nSPS) is 25.3. The van der Waals surface area contributed by atoms with E-state index in [1.54, 1.807) is 0 Å². The molecular formula is C19H23FOSi. The molecule has 3 atom stereocenters. The number of halogens is 1. The van der Waals surface area contributed by atoms with E-state index < -0.39 is 15.2 Å². The van der Waals surface area contributed by atoms with Crippen molar-refractivity contribution < 1.29 is 8.82 Å². The number of benzene rings is 2. The molecule has 3 unspecified atom stereocenters. The first-order valence-corrected chi connectivity index (χ1v) is 9.76. The van der Waals surface area contributed by atoms with Gasteiger partial charge in [0.1, 0.15) is 6.17 Å². The van der Waals surface area contributed by atoms with E-state index in [9.17, 15) is 4.39 Å². The third kappa shape index (κ3) is 3.65. The Kier molecular flexibility index (Phi) is 5.06. The van der Waals surface area contributed by atoms with Crippen LogP contribution in [0.3, 0.4) is 0 Å². The molecule has 2 aromatic carbocycles. The highest BCUT2D eigenvalue weighted by Gasteiger charge is 2.30. The first-order chi connectivity index (χ1) is 10.7. The van der Waals surface area contributed by atoms with Crippen molar-refractivity contribution in [1.82, 2.24) is 0 Å². The summed E-state index contributed by atoms with van der Waals surface area (Å²) in [5, 5.41) is 2.53. The van der Waals surface area contributed by atoms with Crippen LogP contribution in [0.5, 0.6) is 0 Å². The molecule has 0 aliphatic heterocycles. The van der Waals surface area contributed by atoms with Gasteiger partial charge in [0.25, 0.3) is 0 Å². The number of rotatable bonds is 4. The maximum Gasteiger partial charge on any atom is 0.240 e. The van der Waals surface area contributed by atoms with Crippen LogP contribution in [-0.2, 0) is 4.43 Å². The van der Waals surface area contributed by atoms with E-state index in [0.717, 1.165) is 12.8 Å². The smallest absolute Gasteiger partial charge is 0.240 e. The summed E-state index contributed by atoms with van der Waals surface area (Å²) in [6, 6.07) is 20.9. The van der Waals surface area contributed by atoms with Gasteiger partial charge in [0, 0.05) is 12.5 Å². The van der Waals surface area contributed by atoms with Crippen molar-refractivity contribution in [3.05, 3.63) is 60.7 Å². The second-order valence-electron chi connectivity index (χ2n) is 6.27. The van der Waals surface area contributed by atoms with Gasteiger partial charge in [-0.3, -0.25) is 0 Å². The first-order valence-electron chi connectivity index (χ1n) is 8.13. The van der Waals surface area contributed by atoms with Gasteiger partial charge in [0.2, 0.25) is 9.04 Å².